The van der Waals surface area contributed by atoms with Crippen molar-refractivity contribution < 1.29 is 0 Å². The van der Waals surface area contributed by atoms with Crippen molar-refractivity contribution in [2.75, 3.05) is 39.0 Å². The zero-order valence-corrected chi connectivity index (χ0v) is 14.0. The van der Waals surface area contributed by atoms with Crippen LogP contribution < -0.4 is 0 Å². The van der Waals surface area contributed by atoms with Gasteiger partial charge in [-0.15, -0.1) is 0 Å². The van der Waals surface area contributed by atoms with Crippen LogP contribution in [-0.2, 0) is 6.54 Å². The number of thioether (sulfide) groups is 1. The monoisotopic (exact) mass is 292 g/mol. The summed E-state index contributed by atoms with van der Waals surface area (Å²) in [5, 5.41) is 0.792. The fourth-order valence-corrected chi connectivity index (χ4v) is 3.06. The first-order valence-corrected chi connectivity index (χ1v) is 8.99. The molecule has 0 amide bonds. The lowest BCUT2D eigenvalue weighted by Gasteiger charge is -2.35. The fourth-order valence-electron chi connectivity index (χ4n) is 2.72. The molecule has 2 nitrogen and oxygen atoms in total. The van der Waals surface area contributed by atoms with Gasteiger partial charge in [0.05, 0.1) is 0 Å². The van der Waals surface area contributed by atoms with Gasteiger partial charge >= 0.3 is 0 Å². The largest absolute Gasteiger partial charge is 0.301 e. The number of benzene rings is 1. The van der Waals surface area contributed by atoms with Gasteiger partial charge in [0.15, 0.2) is 0 Å². The SMILES string of the molecule is CS[C@@H](C)CCN1CCN(Cc2cccc(C)c2)CC1. The Balaban J connectivity index is 1.71. The van der Waals surface area contributed by atoms with Crippen LogP contribution in [-0.4, -0.2) is 54.0 Å². The van der Waals surface area contributed by atoms with Crippen molar-refractivity contribution in [2.24, 2.45) is 0 Å². The van der Waals surface area contributed by atoms with Crippen LogP contribution in [0.25, 0.3) is 0 Å². The Morgan fingerprint density at radius 2 is 1.85 bits per heavy atom. The Bertz CT molecular complexity index is 400. The van der Waals surface area contributed by atoms with Crippen molar-refractivity contribution in [3.8, 4) is 0 Å². The molecule has 0 aromatic heterocycles. The molecular formula is C17H28N2S. The maximum atomic E-state index is 2.62. The minimum absolute atomic E-state index is 0.792. The summed E-state index contributed by atoms with van der Waals surface area (Å²) in [6, 6.07) is 8.91. The second kappa shape index (κ2) is 8.06. The molecular weight excluding hydrogens is 264 g/mol. The molecule has 20 heavy (non-hydrogen) atoms. The Labute approximate surface area is 128 Å². The van der Waals surface area contributed by atoms with Crippen LogP contribution in [0.4, 0.5) is 0 Å². The Kier molecular flexibility index (Phi) is 6.40. The van der Waals surface area contributed by atoms with Gasteiger partial charge in [-0.2, -0.15) is 11.8 Å². The third-order valence-electron chi connectivity index (χ3n) is 4.21. The van der Waals surface area contributed by atoms with Gasteiger partial charge < -0.3 is 4.90 Å². The van der Waals surface area contributed by atoms with E-state index in [0.29, 0.717) is 0 Å². The normalized spacial score (nSPS) is 19.1. The summed E-state index contributed by atoms with van der Waals surface area (Å²) in [5.74, 6) is 0. The van der Waals surface area contributed by atoms with Crippen molar-refractivity contribution in [3.05, 3.63) is 35.4 Å². The molecule has 1 aliphatic heterocycles. The van der Waals surface area contributed by atoms with E-state index in [9.17, 15) is 0 Å². The third-order valence-corrected chi connectivity index (χ3v) is 5.25. The van der Waals surface area contributed by atoms with Gasteiger partial charge in [-0.25, -0.2) is 0 Å². The molecule has 112 valence electrons. The van der Waals surface area contributed by atoms with Crippen molar-refractivity contribution in [1.82, 2.24) is 9.80 Å². The van der Waals surface area contributed by atoms with Crippen molar-refractivity contribution in [3.63, 3.8) is 0 Å². The molecule has 1 heterocycles. The summed E-state index contributed by atoms with van der Waals surface area (Å²) >= 11 is 1.98. The molecule has 0 radical (unpaired) electrons. The van der Waals surface area contributed by atoms with E-state index >= 15 is 0 Å². The topological polar surface area (TPSA) is 6.48 Å². The summed E-state index contributed by atoms with van der Waals surface area (Å²) in [6.45, 7) is 11.8. The van der Waals surface area contributed by atoms with Crippen LogP contribution in [0, 0.1) is 6.92 Å². The van der Waals surface area contributed by atoms with Crippen molar-refractivity contribution in [2.45, 2.75) is 32.1 Å². The van der Waals surface area contributed by atoms with Crippen molar-refractivity contribution in [1.29, 1.82) is 0 Å². The lowest BCUT2D eigenvalue weighted by molar-refractivity contribution is 0.126. The number of nitrogens with zero attached hydrogens (tertiary/aromatic N) is 2. The summed E-state index contributed by atoms with van der Waals surface area (Å²) in [4.78, 5) is 5.21. The number of piperazine rings is 1. The van der Waals surface area contributed by atoms with Crippen LogP contribution >= 0.6 is 11.8 Å². The quantitative estimate of drug-likeness (QED) is 0.794. The van der Waals surface area contributed by atoms with Gasteiger partial charge in [-0.05, 0) is 31.7 Å². The molecule has 0 bridgehead atoms. The minimum Gasteiger partial charge on any atom is -0.301 e. The maximum absolute atomic E-state index is 2.62. The molecule has 1 aromatic carbocycles. The molecule has 0 unspecified atom stereocenters. The zero-order chi connectivity index (χ0) is 14.4. The Morgan fingerprint density at radius 3 is 2.50 bits per heavy atom. The summed E-state index contributed by atoms with van der Waals surface area (Å²) in [7, 11) is 0. The molecule has 1 saturated heterocycles. The van der Waals surface area contributed by atoms with E-state index in [1.807, 2.05) is 11.8 Å². The number of hydrogen-bond acceptors (Lipinski definition) is 3. The Hall–Kier alpha value is -0.510. The van der Waals surface area contributed by atoms with E-state index in [0.717, 1.165) is 11.8 Å². The van der Waals surface area contributed by atoms with Gasteiger partial charge in [0, 0.05) is 38.0 Å². The molecule has 1 aliphatic rings. The average Bonchev–Trinajstić information content (AvgIpc) is 2.46. The highest BCUT2D eigenvalue weighted by Gasteiger charge is 2.17. The second-order valence-electron chi connectivity index (χ2n) is 5.94. The predicted octanol–water partition coefficient (Wildman–Crippen LogP) is 3.25. The zero-order valence-electron chi connectivity index (χ0n) is 13.1. The van der Waals surface area contributed by atoms with Gasteiger partial charge in [-0.3, -0.25) is 4.90 Å². The third kappa shape index (κ3) is 5.12. The fraction of sp³-hybridized carbons (Fsp3) is 0.647. The lowest BCUT2D eigenvalue weighted by Crippen LogP contribution is -2.46. The van der Waals surface area contributed by atoms with E-state index in [-0.39, 0.29) is 0 Å². The first-order valence-electron chi connectivity index (χ1n) is 7.70. The van der Waals surface area contributed by atoms with Crippen LogP contribution in [0.1, 0.15) is 24.5 Å². The molecule has 1 aromatic rings. The van der Waals surface area contributed by atoms with Crippen molar-refractivity contribution >= 4 is 11.8 Å². The Morgan fingerprint density at radius 1 is 1.15 bits per heavy atom. The average molecular weight is 292 g/mol. The smallest absolute Gasteiger partial charge is 0.0234 e. The molecule has 0 aliphatic carbocycles. The van der Waals surface area contributed by atoms with Crippen LogP contribution in [0.2, 0.25) is 0 Å². The molecule has 0 spiro atoms. The molecule has 1 atom stereocenters. The minimum atomic E-state index is 0.792. The van der Waals surface area contributed by atoms with Gasteiger partial charge in [-0.1, -0.05) is 36.8 Å². The molecule has 3 heteroatoms. The highest BCUT2D eigenvalue weighted by molar-refractivity contribution is 7.99. The van der Waals surface area contributed by atoms with E-state index in [4.69, 9.17) is 0 Å². The van der Waals surface area contributed by atoms with Crippen LogP contribution in [0.3, 0.4) is 0 Å². The molecule has 1 fully saturated rings. The first-order chi connectivity index (χ1) is 9.67. The van der Waals surface area contributed by atoms with Crippen LogP contribution in [0.5, 0.6) is 0 Å². The number of hydrogen-bond donors (Lipinski definition) is 0. The summed E-state index contributed by atoms with van der Waals surface area (Å²) < 4.78 is 0. The second-order valence-corrected chi connectivity index (χ2v) is 7.22. The van der Waals surface area contributed by atoms with E-state index < -0.39 is 0 Å². The summed E-state index contributed by atoms with van der Waals surface area (Å²) in [6.07, 6.45) is 3.53. The maximum Gasteiger partial charge on any atom is 0.0234 e. The standard InChI is InChI=1S/C17H28N2S/c1-15-5-4-6-17(13-15)14-19-11-9-18(10-12-19)8-7-16(2)20-3/h4-6,13,16H,7-12,14H2,1-3H3/t16-/m0/s1. The molecule has 2 rings (SSSR count). The predicted molar refractivity (Wildman–Crippen MR) is 90.5 cm³/mol. The summed E-state index contributed by atoms with van der Waals surface area (Å²) in [5.41, 5.74) is 2.82. The van der Waals surface area contributed by atoms with Gasteiger partial charge in [0.2, 0.25) is 0 Å². The van der Waals surface area contributed by atoms with E-state index in [1.54, 1.807) is 0 Å². The number of aryl methyl sites for hydroxylation is 1. The van der Waals surface area contributed by atoms with Crippen LogP contribution in [0.15, 0.2) is 24.3 Å². The number of rotatable bonds is 6. The highest BCUT2D eigenvalue weighted by Crippen LogP contribution is 2.13. The van der Waals surface area contributed by atoms with Gasteiger partial charge in [0.25, 0.3) is 0 Å². The van der Waals surface area contributed by atoms with E-state index in [1.165, 1.54) is 50.3 Å². The van der Waals surface area contributed by atoms with E-state index in [2.05, 4.69) is 54.2 Å². The molecule has 0 saturated carbocycles. The molecule has 0 N–H and O–H groups in total. The first kappa shape index (κ1) is 15.9. The van der Waals surface area contributed by atoms with Gasteiger partial charge in [0.1, 0.15) is 0 Å². The lowest BCUT2D eigenvalue weighted by atomic mass is 10.1. The highest BCUT2D eigenvalue weighted by atomic mass is 32.2.